The summed E-state index contributed by atoms with van der Waals surface area (Å²) >= 11 is 3.60. The second kappa shape index (κ2) is 11.6. The van der Waals surface area contributed by atoms with Gasteiger partial charge in [0, 0.05) is 11.0 Å². The SMILES string of the molecule is CC(C)(C)OC(=O)NC(NCc1cc(Br)cc(-c2ccc(C(C)(C)C)cc2)c1)NC(=O)OC(C)(C)C. The van der Waals surface area contributed by atoms with Gasteiger partial charge in [-0.1, -0.05) is 61.0 Å². The summed E-state index contributed by atoms with van der Waals surface area (Å²) in [4.78, 5) is 24.7. The molecule has 0 aromatic heterocycles. The Morgan fingerprint density at radius 1 is 0.778 bits per heavy atom. The van der Waals surface area contributed by atoms with Gasteiger partial charge in [0.05, 0.1) is 0 Å². The van der Waals surface area contributed by atoms with Gasteiger partial charge in [0.1, 0.15) is 11.2 Å². The molecule has 2 amide bonds. The number of ether oxygens (including phenoxy) is 2. The third-order valence-corrected chi connectivity index (χ3v) is 5.33. The van der Waals surface area contributed by atoms with Crippen molar-refractivity contribution in [1.82, 2.24) is 16.0 Å². The van der Waals surface area contributed by atoms with Crippen LogP contribution in [0.4, 0.5) is 9.59 Å². The lowest BCUT2D eigenvalue weighted by Gasteiger charge is -2.26. The number of carbonyl (C=O) groups excluding carboxylic acids is 2. The average molecular weight is 563 g/mol. The fourth-order valence-corrected chi connectivity index (χ4v) is 3.83. The first-order valence-corrected chi connectivity index (χ1v) is 12.8. The fraction of sp³-hybridized carbons (Fsp3) is 0.500. The predicted molar refractivity (Wildman–Crippen MR) is 148 cm³/mol. The number of halogens is 1. The zero-order valence-corrected chi connectivity index (χ0v) is 24.4. The molecule has 0 fully saturated rings. The molecule has 0 heterocycles. The molecule has 0 aliphatic heterocycles. The Morgan fingerprint density at radius 3 is 1.72 bits per heavy atom. The Balaban J connectivity index is 2.19. The molecule has 7 nitrogen and oxygen atoms in total. The predicted octanol–water partition coefficient (Wildman–Crippen LogP) is 6.84. The summed E-state index contributed by atoms with van der Waals surface area (Å²) in [6.45, 7) is 17.6. The summed E-state index contributed by atoms with van der Waals surface area (Å²) < 4.78 is 11.6. The van der Waals surface area contributed by atoms with Gasteiger partial charge in [-0.3, -0.25) is 16.0 Å². The lowest BCUT2D eigenvalue weighted by Crippen LogP contribution is -2.57. The molecule has 8 heteroatoms. The minimum Gasteiger partial charge on any atom is -0.444 e. The number of carbonyl (C=O) groups is 2. The molecule has 0 saturated carbocycles. The third kappa shape index (κ3) is 10.6. The quantitative estimate of drug-likeness (QED) is 0.336. The molecule has 0 atom stereocenters. The van der Waals surface area contributed by atoms with Crippen molar-refractivity contribution in [2.75, 3.05) is 0 Å². The minimum absolute atomic E-state index is 0.0855. The molecule has 3 N–H and O–H groups in total. The first-order chi connectivity index (χ1) is 16.4. The van der Waals surface area contributed by atoms with E-state index in [9.17, 15) is 9.59 Å². The highest BCUT2D eigenvalue weighted by molar-refractivity contribution is 9.10. The second-order valence-corrected chi connectivity index (χ2v) is 12.7. The number of alkyl carbamates (subject to hydrolysis) is 2. The van der Waals surface area contributed by atoms with Crippen molar-refractivity contribution in [3.8, 4) is 11.1 Å². The van der Waals surface area contributed by atoms with Crippen LogP contribution in [0.15, 0.2) is 46.9 Å². The summed E-state index contributed by atoms with van der Waals surface area (Å²) in [7, 11) is 0. The molecule has 2 rings (SSSR count). The van der Waals surface area contributed by atoms with Gasteiger partial charge < -0.3 is 9.47 Å². The normalized spacial score (nSPS) is 12.3. The van der Waals surface area contributed by atoms with Crippen LogP contribution in [0.1, 0.15) is 73.4 Å². The van der Waals surface area contributed by atoms with Crippen molar-refractivity contribution in [1.29, 1.82) is 0 Å². The molecule has 0 unspecified atom stereocenters. The van der Waals surface area contributed by atoms with Gasteiger partial charge in [-0.15, -0.1) is 0 Å². The average Bonchev–Trinajstić information content (AvgIpc) is 2.68. The molecule has 0 spiro atoms. The smallest absolute Gasteiger partial charge is 0.410 e. The number of benzene rings is 2. The summed E-state index contributed by atoms with van der Waals surface area (Å²) in [6.07, 6.45) is -2.24. The maximum Gasteiger partial charge on any atom is 0.410 e. The van der Waals surface area contributed by atoms with Crippen LogP contribution in [0.2, 0.25) is 0 Å². The van der Waals surface area contributed by atoms with Crippen LogP contribution in [0.25, 0.3) is 11.1 Å². The van der Waals surface area contributed by atoms with E-state index in [1.54, 1.807) is 41.5 Å². The summed E-state index contributed by atoms with van der Waals surface area (Å²) in [5, 5.41) is 8.45. The Labute approximate surface area is 223 Å². The first-order valence-electron chi connectivity index (χ1n) is 12.0. The van der Waals surface area contributed by atoms with Crippen molar-refractivity contribution in [3.05, 3.63) is 58.1 Å². The molecule has 0 saturated heterocycles. The lowest BCUT2D eigenvalue weighted by molar-refractivity contribution is 0.0405. The Bertz CT molecular complexity index is 1020. The minimum atomic E-state index is -0.914. The van der Waals surface area contributed by atoms with E-state index in [0.717, 1.165) is 21.2 Å². The van der Waals surface area contributed by atoms with E-state index in [4.69, 9.17) is 9.47 Å². The van der Waals surface area contributed by atoms with Crippen LogP contribution < -0.4 is 16.0 Å². The van der Waals surface area contributed by atoms with Crippen LogP contribution in [0.5, 0.6) is 0 Å². The molecule has 36 heavy (non-hydrogen) atoms. The fourth-order valence-electron chi connectivity index (χ4n) is 3.29. The molecule has 198 valence electrons. The van der Waals surface area contributed by atoms with E-state index in [-0.39, 0.29) is 5.41 Å². The molecule has 0 aliphatic rings. The molecular weight excluding hydrogens is 522 g/mol. The summed E-state index contributed by atoms with van der Waals surface area (Å²) in [5.41, 5.74) is 3.11. The van der Waals surface area contributed by atoms with Crippen LogP contribution in [-0.2, 0) is 21.4 Å². The molecule has 0 radical (unpaired) electrons. The van der Waals surface area contributed by atoms with Crippen LogP contribution in [0.3, 0.4) is 0 Å². The van der Waals surface area contributed by atoms with Gasteiger partial charge in [0.2, 0.25) is 0 Å². The van der Waals surface area contributed by atoms with Crippen molar-refractivity contribution in [3.63, 3.8) is 0 Å². The summed E-state index contributed by atoms with van der Waals surface area (Å²) in [5.74, 6) is 0. The van der Waals surface area contributed by atoms with E-state index >= 15 is 0 Å². The van der Waals surface area contributed by atoms with Gasteiger partial charge in [-0.2, -0.15) is 0 Å². The Morgan fingerprint density at radius 2 is 1.28 bits per heavy atom. The van der Waals surface area contributed by atoms with E-state index in [0.29, 0.717) is 6.54 Å². The van der Waals surface area contributed by atoms with E-state index < -0.39 is 29.7 Å². The van der Waals surface area contributed by atoms with Crippen LogP contribution in [0, 0.1) is 0 Å². The first kappa shape index (κ1) is 29.6. The highest BCUT2D eigenvalue weighted by atomic mass is 79.9. The van der Waals surface area contributed by atoms with Crippen LogP contribution >= 0.6 is 15.9 Å². The Hall–Kier alpha value is -2.58. The number of hydrogen-bond donors (Lipinski definition) is 3. The van der Waals surface area contributed by atoms with Crippen molar-refractivity contribution >= 4 is 28.1 Å². The van der Waals surface area contributed by atoms with Crippen molar-refractivity contribution < 1.29 is 19.1 Å². The molecule has 0 aliphatic carbocycles. The largest absolute Gasteiger partial charge is 0.444 e. The molecule has 0 bridgehead atoms. The van der Waals surface area contributed by atoms with Gasteiger partial charge >= 0.3 is 12.2 Å². The van der Waals surface area contributed by atoms with E-state index in [1.165, 1.54) is 5.56 Å². The van der Waals surface area contributed by atoms with Gasteiger partial charge in [0.25, 0.3) is 0 Å². The summed E-state index contributed by atoms with van der Waals surface area (Å²) in [6, 6.07) is 14.7. The molecular formula is C28H40BrN3O4. The molecule has 2 aromatic rings. The van der Waals surface area contributed by atoms with Crippen LogP contribution in [-0.4, -0.2) is 29.7 Å². The third-order valence-electron chi connectivity index (χ3n) is 4.87. The van der Waals surface area contributed by atoms with Gasteiger partial charge in [-0.05, 0) is 87.4 Å². The second-order valence-electron chi connectivity index (χ2n) is 11.8. The number of rotatable bonds is 6. The van der Waals surface area contributed by atoms with Crippen molar-refractivity contribution in [2.45, 2.75) is 91.8 Å². The number of hydrogen-bond acceptors (Lipinski definition) is 5. The Kier molecular flexibility index (Phi) is 9.59. The monoisotopic (exact) mass is 561 g/mol. The highest BCUT2D eigenvalue weighted by Crippen LogP contribution is 2.28. The highest BCUT2D eigenvalue weighted by Gasteiger charge is 2.23. The maximum absolute atomic E-state index is 12.4. The topological polar surface area (TPSA) is 88.7 Å². The van der Waals surface area contributed by atoms with Crippen molar-refractivity contribution in [2.24, 2.45) is 0 Å². The molecule has 2 aromatic carbocycles. The van der Waals surface area contributed by atoms with E-state index in [1.807, 2.05) is 6.07 Å². The van der Waals surface area contributed by atoms with Gasteiger partial charge in [-0.25, -0.2) is 9.59 Å². The van der Waals surface area contributed by atoms with Gasteiger partial charge in [0.15, 0.2) is 6.29 Å². The number of amides is 2. The van der Waals surface area contributed by atoms with E-state index in [2.05, 4.69) is 89.0 Å². The number of nitrogens with one attached hydrogen (secondary N) is 3. The standard InChI is InChI=1S/C28H40BrN3O4/c1-26(2,3)21-12-10-19(11-13-21)20-14-18(15-22(29)16-20)17-30-23(31-24(33)35-27(4,5)6)32-25(34)36-28(7,8)9/h10-16,23,30H,17H2,1-9H3,(H,31,33)(H,32,34). The lowest BCUT2D eigenvalue weighted by atomic mass is 9.86. The zero-order chi connectivity index (χ0) is 27.3. The maximum atomic E-state index is 12.4. The zero-order valence-electron chi connectivity index (χ0n) is 22.8.